The summed E-state index contributed by atoms with van der Waals surface area (Å²) in [7, 11) is 1.53. The Morgan fingerprint density at radius 3 is 2.59 bits per heavy atom. The van der Waals surface area contributed by atoms with Crippen LogP contribution in [0.4, 0.5) is 5.69 Å². The highest BCUT2D eigenvalue weighted by Crippen LogP contribution is 2.32. The van der Waals surface area contributed by atoms with Crippen molar-refractivity contribution in [3.05, 3.63) is 52.5 Å². The number of nitrogens with zero attached hydrogens (tertiary/aromatic N) is 3. The van der Waals surface area contributed by atoms with Crippen molar-refractivity contribution in [3.63, 3.8) is 0 Å². The SMILES string of the molecule is COc1cc(Cl)c(C)cc1NC(=O)C(C)Sc1nnc(-c2ccc(C)cc2)n1N. The molecule has 0 bridgehead atoms. The summed E-state index contributed by atoms with van der Waals surface area (Å²) in [6.07, 6.45) is 0. The zero-order valence-electron chi connectivity index (χ0n) is 16.6. The number of methoxy groups -OCH3 is 1. The Morgan fingerprint density at radius 2 is 1.93 bits per heavy atom. The molecule has 0 aliphatic carbocycles. The number of hydrogen-bond acceptors (Lipinski definition) is 6. The maximum atomic E-state index is 12.7. The van der Waals surface area contributed by atoms with Gasteiger partial charge in [0, 0.05) is 16.7 Å². The highest BCUT2D eigenvalue weighted by atomic mass is 35.5. The minimum atomic E-state index is -0.465. The third-order valence-electron chi connectivity index (χ3n) is 4.36. The summed E-state index contributed by atoms with van der Waals surface area (Å²) in [5.41, 5.74) is 3.40. The molecule has 1 atom stereocenters. The van der Waals surface area contributed by atoms with E-state index in [2.05, 4.69) is 15.5 Å². The van der Waals surface area contributed by atoms with Gasteiger partial charge in [-0.1, -0.05) is 53.2 Å². The van der Waals surface area contributed by atoms with E-state index in [0.29, 0.717) is 27.4 Å². The first-order chi connectivity index (χ1) is 13.8. The highest BCUT2D eigenvalue weighted by Gasteiger charge is 2.21. The van der Waals surface area contributed by atoms with Gasteiger partial charge in [-0.25, -0.2) is 4.68 Å². The normalized spacial score (nSPS) is 11.9. The average molecular weight is 432 g/mol. The van der Waals surface area contributed by atoms with E-state index in [1.807, 2.05) is 38.1 Å². The fourth-order valence-corrected chi connectivity index (χ4v) is 3.56. The van der Waals surface area contributed by atoms with Gasteiger partial charge in [0.15, 0.2) is 5.82 Å². The van der Waals surface area contributed by atoms with Crippen molar-refractivity contribution >= 4 is 35.0 Å². The molecule has 1 unspecified atom stereocenters. The quantitative estimate of drug-likeness (QED) is 0.451. The smallest absolute Gasteiger partial charge is 0.237 e. The van der Waals surface area contributed by atoms with E-state index in [9.17, 15) is 4.79 Å². The van der Waals surface area contributed by atoms with E-state index < -0.39 is 5.25 Å². The van der Waals surface area contributed by atoms with Crippen molar-refractivity contribution in [3.8, 4) is 17.1 Å². The predicted octanol–water partition coefficient (Wildman–Crippen LogP) is 4.06. The van der Waals surface area contributed by atoms with Crippen LogP contribution < -0.4 is 15.9 Å². The number of nitrogens with one attached hydrogen (secondary N) is 1. The van der Waals surface area contributed by atoms with Crippen LogP contribution in [0.1, 0.15) is 18.1 Å². The zero-order chi connectivity index (χ0) is 21.1. The summed E-state index contributed by atoms with van der Waals surface area (Å²) in [5.74, 6) is 6.98. The third-order valence-corrected chi connectivity index (χ3v) is 5.83. The number of thioether (sulfide) groups is 1. The third kappa shape index (κ3) is 4.65. The van der Waals surface area contributed by atoms with Crippen molar-refractivity contribution in [1.29, 1.82) is 0 Å². The van der Waals surface area contributed by atoms with Crippen LogP contribution in [-0.2, 0) is 4.79 Å². The summed E-state index contributed by atoms with van der Waals surface area (Å²) in [6, 6.07) is 11.3. The molecule has 0 aliphatic heterocycles. The van der Waals surface area contributed by atoms with Crippen molar-refractivity contribution < 1.29 is 9.53 Å². The van der Waals surface area contributed by atoms with Gasteiger partial charge in [0.05, 0.1) is 18.0 Å². The molecule has 2 aromatic carbocycles. The van der Waals surface area contributed by atoms with E-state index in [1.165, 1.54) is 23.5 Å². The molecule has 0 aliphatic rings. The number of carbonyl (C=O) groups is 1. The molecular weight excluding hydrogens is 410 g/mol. The van der Waals surface area contributed by atoms with Gasteiger partial charge >= 0.3 is 0 Å². The summed E-state index contributed by atoms with van der Waals surface area (Å²) >= 11 is 7.34. The molecule has 0 spiro atoms. The van der Waals surface area contributed by atoms with E-state index >= 15 is 0 Å². The Morgan fingerprint density at radius 1 is 1.24 bits per heavy atom. The Balaban J connectivity index is 1.74. The van der Waals surface area contributed by atoms with Gasteiger partial charge in [0.2, 0.25) is 11.1 Å². The number of nitrogens with two attached hydrogens (primary N) is 1. The van der Waals surface area contributed by atoms with Crippen LogP contribution in [0.25, 0.3) is 11.4 Å². The predicted molar refractivity (Wildman–Crippen MR) is 117 cm³/mol. The second-order valence-corrected chi connectivity index (χ2v) is 8.31. The molecule has 0 radical (unpaired) electrons. The van der Waals surface area contributed by atoms with E-state index in [-0.39, 0.29) is 5.91 Å². The number of ether oxygens (including phenoxy) is 1. The lowest BCUT2D eigenvalue weighted by Gasteiger charge is -2.15. The lowest BCUT2D eigenvalue weighted by molar-refractivity contribution is -0.115. The molecule has 3 aromatic rings. The number of benzene rings is 2. The summed E-state index contributed by atoms with van der Waals surface area (Å²) in [4.78, 5) is 12.7. The Bertz CT molecular complexity index is 1040. The van der Waals surface area contributed by atoms with Gasteiger partial charge < -0.3 is 15.9 Å². The molecule has 9 heteroatoms. The topological polar surface area (TPSA) is 95.1 Å². The number of anilines is 1. The number of nitrogen functional groups attached to an aromatic ring is 1. The number of amides is 1. The van der Waals surface area contributed by atoms with Crippen LogP contribution >= 0.6 is 23.4 Å². The van der Waals surface area contributed by atoms with E-state index in [0.717, 1.165) is 16.7 Å². The van der Waals surface area contributed by atoms with Gasteiger partial charge in [-0.15, -0.1) is 10.2 Å². The minimum absolute atomic E-state index is 0.213. The molecule has 3 rings (SSSR count). The molecule has 1 heterocycles. The molecule has 0 saturated carbocycles. The highest BCUT2D eigenvalue weighted by molar-refractivity contribution is 8.00. The Hall–Kier alpha value is -2.71. The van der Waals surface area contributed by atoms with E-state index in [4.69, 9.17) is 22.2 Å². The van der Waals surface area contributed by atoms with Crippen LogP contribution in [0, 0.1) is 13.8 Å². The van der Waals surface area contributed by atoms with E-state index in [1.54, 1.807) is 19.1 Å². The summed E-state index contributed by atoms with van der Waals surface area (Å²) < 4.78 is 6.70. The van der Waals surface area contributed by atoms with Crippen LogP contribution in [0.2, 0.25) is 5.02 Å². The number of aromatic nitrogens is 3. The lowest BCUT2D eigenvalue weighted by Crippen LogP contribution is -2.24. The standard InChI is InChI=1S/C20H22ClN5O2S/c1-11-5-7-14(8-6-11)18-24-25-20(26(18)22)29-13(3)19(27)23-16-9-12(2)15(21)10-17(16)28-4/h5-10,13H,22H2,1-4H3,(H,23,27). The lowest BCUT2D eigenvalue weighted by atomic mass is 10.1. The Kier molecular flexibility index (Phi) is 6.34. The number of hydrogen-bond donors (Lipinski definition) is 2. The summed E-state index contributed by atoms with van der Waals surface area (Å²) in [6.45, 7) is 5.64. The van der Waals surface area contributed by atoms with Gasteiger partial charge in [-0.3, -0.25) is 4.79 Å². The molecule has 152 valence electrons. The monoisotopic (exact) mass is 431 g/mol. The van der Waals surface area contributed by atoms with Crippen LogP contribution in [0.3, 0.4) is 0 Å². The number of aryl methyl sites for hydroxylation is 2. The van der Waals surface area contributed by atoms with Crippen molar-refractivity contribution in [1.82, 2.24) is 14.9 Å². The van der Waals surface area contributed by atoms with Crippen molar-refractivity contribution in [2.75, 3.05) is 18.3 Å². The van der Waals surface area contributed by atoms with Gasteiger partial charge in [-0.2, -0.15) is 0 Å². The van der Waals surface area contributed by atoms with Crippen molar-refractivity contribution in [2.45, 2.75) is 31.2 Å². The number of carbonyl (C=O) groups excluding carboxylic acids is 1. The largest absolute Gasteiger partial charge is 0.495 e. The second kappa shape index (κ2) is 8.75. The van der Waals surface area contributed by atoms with Gasteiger partial charge in [0.25, 0.3) is 0 Å². The van der Waals surface area contributed by atoms with Crippen LogP contribution in [0.5, 0.6) is 5.75 Å². The molecule has 7 nitrogen and oxygen atoms in total. The maximum absolute atomic E-state index is 12.7. The minimum Gasteiger partial charge on any atom is -0.495 e. The first kappa shape index (κ1) is 21.0. The van der Waals surface area contributed by atoms with Crippen molar-refractivity contribution in [2.24, 2.45) is 0 Å². The molecule has 3 N–H and O–H groups in total. The first-order valence-corrected chi connectivity index (χ1v) is 10.1. The van der Waals surface area contributed by atoms with Gasteiger partial charge in [0.1, 0.15) is 5.75 Å². The van der Waals surface area contributed by atoms with Crippen LogP contribution in [0.15, 0.2) is 41.6 Å². The zero-order valence-corrected chi connectivity index (χ0v) is 18.1. The molecule has 0 saturated heterocycles. The molecular formula is C20H22ClN5O2S. The molecule has 29 heavy (non-hydrogen) atoms. The maximum Gasteiger partial charge on any atom is 0.237 e. The van der Waals surface area contributed by atoms with Crippen LogP contribution in [-0.4, -0.2) is 33.1 Å². The fourth-order valence-electron chi connectivity index (χ4n) is 2.63. The molecule has 1 aromatic heterocycles. The number of halogens is 1. The average Bonchev–Trinajstić information content (AvgIpc) is 3.05. The molecule has 1 amide bonds. The van der Waals surface area contributed by atoms with Gasteiger partial charge in [-0.05, 0) is 32.4 Å². The Labute approximate surface area is 178 Å². The second-order valence-electron chi connectivity index (χ2n) is 6.59. The fraction of sp³-hybridized carbons (Fsp3) is 0.250. The molecule has 0 fully saturated rings. The number of rotatable bonds is 6. The summed E-state index contributed by atoms with van der Waals surface area (Å²) in [5, 5.41) is 11.7. The first-order valence-electron chi connectivity index (χ1n) is 8.89.